The van der Waals surface area contributed by atoms with Gasteiger partial charge in [0.2, 0.25) is 0 Å². The molecule has 0 aliphatic heterocycles. The Balaban J connectivity index is 1.99. The molecule has 116 valence electrons. The average molecular weight is 317 g/mol. The first-order chi connectivity index (χ1) is 10.5. The molecule has 0 bridgehead atoms. The van der Waals surface area contributed by atoms with E-state index in [2.05, 4.69) is 19.2 Å². The van der Waals surface area contributed by atoms with Crippen LogP contribution >= 0.6 is 11.3 Å². The molecule has 4 nitrogen and oxygen atoms in total. The minimum absolute atomic E-state index is 0.291. The molecule has 0 fully saturated rings. The predicted molar refractivity (Wildman–Crippen MR) is 88.5 cm³/mol. The summed E-state index contributed by atoms with van der Waals surface area (Å²) in [7, 11) is 0. The van der Waals surface area contributed by atoms with Crippen LogP contribution in [0.4, 0.5) is 5.69 Å². The largest absolute Gasteiger partial charge is 0.452 e. The summed E-state index contributed by atoms with van der Waals surface area (Å²) < 4.78 is 5.02. The maximum absolute atomic E-state index is 12.0. The van der Waals surface area contributed by atoms with Gasteiger partial charge in [-0.25, -0.2) is 4.79 Å². The van der Waals surface area contributed by atoms with Crippen molar-refractivity contribution in [2.24, 2.45) is 0 Å². The molecule has 2 rings (SSSR count). The molecule has 1 aromatic carbocycles. The number of aryl methyl sites for hydroxylation is 1. The summed E-state index contributed by atoms with van der Waals surface area (Å²) >= 11 is 1.41. The Bertz CT molecular complexity index is 663. The third-order valence-electron chi connectivity index (χ3n) is 3.28. The maximum atomic E-state index is 12.0. The van der Waals surface area contributed by atoms with E-state index in [9.17, 15) is 9.59 Å². The third kappa shape index (κ3) is 3.95. The monoisotopic (exact) mass is 317 g/mol. The molecule has 0 saturated carbocycles. The molecule has 0 saturated heterocycles. The van der Waals surface area contributed by atoms with Crippen LogP contribution in [0.1, 0.15) is 41.3 Å². The number of amides is 1. The molecule has 22 heavy (non-hydrogen) atoms. The Hall–Kier alpha value is -2.14. The number of carbonyl (C=O) groups is 2. The Kier molecular flexibility index (Phi) is 5.33. The van der Waals surface area contributed by atoms with Crippen LogP contribution in [0.25, 0.3) is 0 Å². The molecule has 0 aliphatic carbocycles. The van der Waals surface area contributed by atoms with E-state index in [1.807, 2.05) is 25.1 Å². The lowest BCUT2D eigenvalue weighted by Gasteiger charge is -2.16. The van der Waals surface area contributed by atoms with Crippen LogP contribution in [0, 0.1) is 6.92 Å². The van der Waals surface area contributed by atoms with Crippen molar-refractivity contribution < 1.29 is 14.3 Å². The first-order valence-electron chi connectivity index (χ1n) is 7.07. The lowest BCUT2D eigenvalue weighted by Crippen LogP contribution is -2.22. The smallest absolute Gasteiger partial charge is 0.339 e. The fraction of sp³-hybridized carbons (Fsp3) is 0.294. The first-order valence-corrected chi connectivity index (χ1v) is 8.02. The number of ether oxygens (including phenoxy) is 1. The molecule has 0 radical (unpaired) electrons. The van der Waals surface area contributed by atoms with Gasteiger partial charge in [-0.05, 0) is 35.4 Å². The summed E-state index contributed by atoms with van der Waals surface area (Å²) in [6, 6.07) is 7.57. The second-order valence-electron chi connectivity index (χ2n) is 5.33. The van der Waals surface area contributed by atoms with Gasteiger partial charge in [0, 0.05) is 11.1 Å². The van der Waals surface area contributed by atoms with Gasteiger partial charge in [-0.2, -0.15) is 11.3 Å². The molecule has 1 aromatic heterocycles. The molecular formula is C17H19NO3S. The molecular weight excluding hydrogens is 298 g/mol. The zero-order valence-corrected chi connectivity index (χ0v) is 13.7. The Morgan fingerprint density at radius 3 is 2.68 bits per heavy atom. The van der Waals surface area contributed by atoms with Crippen molar-refractivity contribution in [3.63, 3.8) is 0 Å². The molecule has 1 N–H and O–H groups in total. The highest BCUT2D eigenvalue weighted by Crippen LogP contribution is 2.27. The van der Waals surface area contributed by atoms with Crippen LogP contribution in [0.2, 0.25) is 0 Å². The second kappa shape index (κ2) is 7.22. The summed E-state index contributed by atoms with van der Waals surface area (Å²) in [5.41, 5.74) is 3.33. The predicted octanol–water partition coefficient (Wildman–Crippen LogP) is 3.98. The SMILES string of the molecule is Cc1cccc(C(C)C)c1NC(=O)COC(=O)c1ccsc1. The number of thiophene rings is 1. The lowest BCUT2D eigenvalue weighted by atomic mass is 9.98. The Morgan fingerprint density at radius 2 is 2.05 bits per heavy atom. The van der Waals surface area contributed by atoms with Gasteiger partial charge in [0.05, 0.1) is 5.56 Å². The van der Waals surface area contributed by atoms with E-state index >= 15 is 0 Å². The summed E-state index contributed by atoms with van der Waals surface area (Å²) in [6.07, 6.45) is 0. The molecule has 1 amide bonds. The molecule has 0 atom stereocenters. The molecule has 5 heteroatoms. The number of carbonyl (C=O) groups excluding carboxylic acids is 2. The van der Waals surface area contributed by atoms with E-state index in [-0.39, 0.29) is 12.5 Å². The zero-order chi connectivity index (χ0) is 16.1. The standard InChI is InChI=1S/C17H19NO3S/c1-11(2)14-6-4-5-12(3)16(14)18-15(19)9-21-17(20)13-7-8-22-10-13/h4-8,10-11H,9H2,1-3H3,(H,18,19). The van der Waals surface area contributed by atoms with Gasteiger partial charge in [-0.1, -0.05) is 32.0 Å². The van der Waals surface area contributed by atoms with Crippen LogP contribution in [0.15, 0.2) is 35.0 Å². The van der Waals surface area contributed by atoms with Gasteiger partial charge in [0.1, 0.15) is 0 Å². The molecule has 1 heterocycles. The topological polar surface area (TPSA) is 55.4 Å². The van der Waals surface area contributed by atoms with Gasteiger partial charge in [0.25, 0.3) is 5.91 Å². The van der Waals surface area contributed by atoms with Gasteiger partial charge in [-0.15, -0.1) is 0 Å². The molecule has 2 aromatic rings. The van der Waals surface area contributed by atoms with Crippen molar-refractivity contribution in [3.05, 3.63) is 51.7 Å². The summed E-state index contributed by atoms with van der Waals surface area (Å²) in [4.78, 5) is 23.7. The van der Waals surface area contributed by atoms with Crippen molar-refractivity contribution >= 4 is 28.9 Å². The number of esters is 1. The molecule has 0 unspecified atom stereocenters. The number of anilines is 1. The van der Waals surface area contributed by atoms with Crippen LogP contribution in [-0.2, 0) is 9.53 Å². The second-order valence-corrected chi connectivity index (χ2v) is 6.11. The van der Waals surface area contributed by atoms with Crippen molar-refractivity contribution in [2.45, 2.75) is 26.7 Å². The maximum Gasteiger partial charge on any atom is 0.339 e. The number of benzene rings is 1. The van der Waals surface area contributed by atoms with E-state index in [4.69, 9.17) is 4.74 Å². The average Bonchev–Trinajstić information content (AvgIpc) is 3.01. The van der Waals surface area contributed by atoms with E-state index in [0.717, 1.165) is 16.8 Å². The van der Waals surface area contributed by atoms with Gasteiger partial charge in [-0.3, -0.25) is 4.79 Å². The van der Waals surface area contributed by atoms with Crippen LogP contribution in [0.5, 0.6) is 0 Å². The van der Waals surface area contributed by atoms with E-state index in [1.165, 1.54) is 11.3 Å². The minimum atomic E-state index is -0.481. The van der Waals surface area contributed by atoms with Crippen LogP contribution < -0.4 is 5.32 Å². The number of rotatable bonds is 5. The van der Waals surface area contributed by atoms with Gasteiger partial charge >= 0.3 is 5.97 Å². The third-order valence-corrected chi connectivity index (χ3v) is 3.97. The Labute approximate surface area is 134 Å². The van der Waals surface area contributed by atoms with Crippen LogP contribution in [0.3, 0.4) is 0 Å². The molecule has 0 aliphatic rings. The number of para-hydroxylation sites is 1. The fourth-order valence-corrected chi connectivity index (χ4v) is 2.74. The van der Waals surface area contributed by atoms with E-state index < -0.39 is 5.97 Å². The zero-order valence-electron chi connectivity index (χ0n) is 12.9. The van der Waals surface area contributed by atoms with Crippen molar-refractivity contribution in [3.8, 4) is 0 Å². The van der Waals surface area contributed by atoms with Crippen molar-refractivity contribution in [1.29, 1.82) is 0 Å². The summed E-state index contributed by atoms with van der Waals surface area (Å²) in [6.45, 7) is 5.79. The van der Waals surface area contributed by atoms with E-state index in [0.29, 0.717) is 11.5 Å². The quantitative estimate of drug-likeness (QED) is 0.849. The van der Waals surface area contributed by atoms with Crippen LogP contribution in [-0.4, -0.2) is 18.5 Å². The highest BCUT2D eigenvalue weighted by molar-refractivity contribution is 7.08. The highest BCUT2D eigenvalue weighted by atomic mass is 32.1. The number of hydrogen-bond donors (Lipinski definition) is 1. The lowest BCUT2D eigenvalue weighted by molar-refractivity contribution is -0.119. The van der Waals surface area contributed by atoms with E-state index in [1.54, 1.807) is 16.8 Å². The van der Waals surface area contributed by atoms with Crippen molar-refractivity contribution in [2.75, 3.05) is 11.9 Å². The number of nitrogens with one attached hydrogen (secondary N) is 1. The van der Waals surface area contributed by atoms with Gasteiger partial charge in [0.15, 0.2) is 6.61 Å². The highest BCUT2D eigenvalue weighted by Gasteiger charge is 2.14. The molecule has 0 spiro atoms. The normalized spacial score (nSPS) is 10.5. The van der Waals surface area contributed by atoms with Gasteiger partial charge < -0.3 is 10.1 Å². The first kappa shape index (κ1) is 16.2. The number of hydrogen-bond acceptors (Lipinski definition) is 4. The minimum Gasteiger partial charge on any atom is -0.452 e. The summed E-state index contributed by atoms with van der Waals surface area (Å²) in [5.74, 6) is -0.520. The van der Waals surface area contributed by atoms with Crippen molar-refractivity contribution in [1.82, 2.24) is 0 Å². The Morgan fingerprint density at radius 1 is 1.27 bits per heavy atom. The summed E-state index contributed by atoms with van der Waals surface area (Å²) in [5, 5.41) is 6.33. The fourth-order valence-electron chi connectivity index (χ4n) is 2.11.